The fourth-order valence-corrected chi connectivity index (χ4v) is 4.09. The van der Waals surface area contributed by atoms with E-state index in [4.69, 9.17) is 11.6 Å². The van der Waals surface area contributed by atoms with Gasteiger partial charge in [0.15, 0.2) is 5.69 Å². The molecule has 1 aromatic carbocycles. The maximum Gasteiger partial charge on any atom is 0.436 e. The summed E-state index contributed by atoms with van der Waals surface area (Å²) in [7, 11) is 0. The van der Waals surface area contributed by atoms with Crippen molar-refractivity contribution in [3.8, 4) is 0 Å². The molecule has 0 saturated heterocycles. The molecule has 0 atom stereocenters. The van der Waals surface area contributed by atoms with Crippen LogP contribution in [0.4, 0.5) is 18.9 Å². The lowest BCUT2D eigenvalue weighted by Gasteiger charge is -2.07. The first-order valence-electron chi connectivity index (χ1n) is 9.11. The second-order valence-electron chi connectivity index (χ2n) is 7.08. The zero-order valence-corrected chi connectivity index (χ0v) is 17.8. The van der Waals surface area contributed by atoms with E-state index < -0.39 is 17.8 Å². The van der Waals surface area contributed by atoms with Gasteiger partial charge in [0, 0.05) is 17.1 Å². The van der Waals surface area contributed by atoms with E-state index in [1.165, 1.54) is 6.20 Å². The van der Waals surface area contributed by atoms with Gasteiger partial charge in [-0.3, -0.25) is 14.2 Å². The smallest absolute Gasteiger partial charge is 0.322 e. The van der Waals surface area contributed by atoms with E-state index in [0.29, 0.717) is 22.9 Å². The Morgan fingerprint density at radius 2 is 1.97 bits per heavy atom. The SMILES string of the molecule is O=C(Cn1nc(C(F)(F)F)c(Br)c1C1CC1)Nc1cnn(Cc2ccc(Cl)cc2)c1. The Morgan fingerprint density at radius 3 is 2.60 bits per heavy atom. The van der Waals surface area contributed by atoms with Crippen LogP contribution in [0.25, 0.3) is 0 Å². The van der Waals surface area contributed by atoms with Gasteiger partial charge in [0.2, 0.25) is 5.91 Å². The lowest BCUT2D eigenvalue weighted by molar-refractivity contribution is -0.142. The molecule has 2 aromatic heterocycles. The van der Waals surface area contributed by atoms with Gasteiger partial charge in [-0.15, -0.1) is 0 Å². The number of halogens is 5. The predicted molar refractivity (Wildman–Crippen MR) is 108 cm³/mol. The molecule has 6 nitrogen and oxygen atoms in total. The largest absolute Gasteiger partial charge is 0.436 e. The molecule has 1 amide bonds. The minimum atomic E-state index is -4.59. The standard InChI is InChI=1S/C19H16BrClF3N5O/c20-16-17(12-3-4-12)29(27-18(16)19(22,23)24)10-15(30)26-14-7-25-28(9-14)8-11-1-5-13(21)6-2-11/h1-2,5-7,9,12H,3-4,8,10H2,(H,26,30). The molecule has 1 N–H and O–H groups in total. The van der Waals surface area contributed by atoms with Crippen LogP contribution in [0, 0.1) is 0 Å². The highest BCUT2D eigenvalue weighted by Gasteiger charge is 2.41. The van der Waals surface area contributed by atoms with Gasteiger partial charge in [0.25, 0.3) is 0 Å². The monoisotopic (exact) mass is 501 g/mol. The van der Waals surface area contributed by atoms with Crippen LogP contribution in [0.2, 0.25) is 5.02 Å². The molecular formula is C19H16BrClF3N5O. The van der Waals surface area contributed by atoms with Gasteiger partial charge in [-0.25, -0.2) is 0 Å². The van der Waals surface area contributed by atoms with Crippen molar-refractivity contribution in [2.75, 3.05) is 5.32 Å². The Balaban J connectivity index is 1.44. The van der Waals surface area contributed by atoms with E-state index in [-0.39, 0.29) is 16.9 Å². The second-order valence-corrected chi connectivity index (χ2v) is 8.31. The summed E-state index contributed by atoms with van der Waals surface area (Å²) < 4.78 is 42.3. The minimum absolute atomic E-state index is 0.0158. The van der Waals surface area contributed by atoms with Gasteiger partial charge in [-0.1, -0.05) is 23.7 Å². The number of aromatic nitrogens is 4. The zero-order valence-electron chi connectivity index (χ0n) is 15.5. The summed E-state index contributed by atoms with van der Waals surface area (Å²) in [5.41, 5.74) is 0.837. The number of carbonyl (C=O) groups excluding carboxylic acids is 1. The van der Waals surface area contributed by atoms with E-state index in [1.807, 2.05) is 12.1 Å². The topological polar surface area (TPSA) is 64.7 Å². The van der Waals surface area contributed by atoms with Crippen LogP contribution in [-0.4, -0.2) is 25.5 Å². The van der Waals surface area contributed by atoms with Crippen molar-refractivity contribution in [2.24, 2.45) is 0 Å². The molecule has 1 aliphatic carbocycles. The Hall–Kier alpha value is -2.33. The molecule has 3 aromatic rings. The predicted octanol–water partition coefficient (Wildman–Crippen LogP) is 5.08. The number of hydrogen-bond donors (Lipinski definition) is 1. The van der Waals surface area contributed by atoms with Crippen LogP contribution in [0.15, 0.2) is 41.1 Å². The third-order valence-electron chi connectivity index (χ3n) is 4.63. The van der Waals surface area contributed by atoms with Crippen LogP contribution in [0.3, 0.4) is 0 Å². The first-order chi connectivity index (χ1) is 14.2. The van der Waals surface area contributed by atoms with Crippen molar-refractivity contribution < 1.29 is 18.0 Å². The first kappa shape index (κ1) is 20.9. The third-order valence-corrected chi connectivity index (χ3v) is 5.67. The van der Waals surface area contributed by atoms with E-state index >= 15 is 0 Å². The fraction of sp³-hybridized carbons (Fsp3) is 0.316. The summed E-state index contributed by atoms with van der Waals surface area (Å²) in [5, 5.41) is 11.1. The average Bonchev–Trinajstić information content (AvgIpc) is 3.31. The number of anilines is 1. The molecule has 158 valence electrons. The van der Waals surface area contributed by atoms with Gasteiger partial charge >= 0.3 is 6.18 Å². The maximum atomic E-state index is 13.2. The highest BCUT2D eigenvalue weighted by atomic mass is 79.9. The van der Waals surface area contributed by atoms with Gasteiger partial charge in [-0.2, -0.15) is 23.4 Å². The van der Waals surface area contributed by atoms with Gasteiger partial charge in [0.1, 0.15) is 6.54 Å². The van der Waals surface area contributed by atoms with Crippen LogP contribution in [-0.2, 0) is 24.1 Å². The molecule has 30 heavy (non-hydrogen) atoms. The van der Waals surface area contributed by atoms with Crippen molar-refractivity contribution in [3.63, 3.8) is 0 Å². The first-order valence-corrected chi connectivity index (χ1v) is 10.3. The number of amides is 1. The number of alkyl halides is 3. The van der Waals surface area contributed by atoms with Gasteiger partial charge in [0.05, 0.1) is 28.6 Å². The van der Waals surface area contributed by atoms with Crippen molar-refractivity contribution in [1.29, 1.82) is 0 Å². The average molecular weight is 503 g/mol. The number of nitrogens with zero attached hydrogens (tertiary/aromatic N) is 4. The lowest BCUT2D eigenvalue weighted by Crippen LogP contribution is -2.21. The van der Waals surface area contributed by atoms with Crippen molar-refractivity contribution >= 4 is 39.1 Å². The summed E-state index contributed by atoms with van der Waals surface area (Å²) in [6, 6.07) is 7.29. The molecule has 0 radical (unpaired) electrons. The Morgan fingerprint density at radius 1 is 1.27 bits per heavy atom. The lowest BCUT2D eigenvalue weighted by atomic mass is 10.2. The van der Waals surface area contributed by atoms with Crippen LogP contribution in [0.1, 0.15) is 35.7 Å². The molecule has 1 aliphatic rings. The van der Waals surface area contributed by atoms with Crippen molar-refractivity contribution in [3.05, 3.63) is 63.1 Å². The Kier molecular flexibility index (Phi) is 5.63. The molecule has 2 heterocycles. The molecule has 1 saturated carbocycles. The van der Waals surface area contributed by atoms with E-state index in [2.05, 4.69) is 31.4 Å². The number of rotatable bonds is 6. The quantitative estimate of drug-likeness (QED) is 0.511. The maximum absolute atomic E-state index is 13.2. The highest BCUT2D eigenvalue weighted by molar-refractivity contribution is 9.10. The van der Waals surface area contributed by atoms with Crippen LogP contribution >= 0.6 is 27.5 Å². The normalized spacial score (nSPS) is 14.2. The van der Waals surface area contributed by atoms with E-state index in [9.17, 15) is 18.0 Å². The van der Waals surface area contributed by atoms with Crippen molar-refractivity contribution in [2.45, 2.75) is 38.0 Å². The fourth-order valence-electron chi connectivity index (χ4n) is 3.13. The van der Waals surface area contributed by atoms with Gasteiger partial charge in [-0.05, 0) is 46.5 Å². The number of nitrogens with one attached hydrogen (secondary N) is 1. The molecule has 4 rings (SSSR count). The van der Waals surface area contributed by atoms with Crippen molar-refractivity contribution in [1.82, 2.24) is 19.6 Å². The zero-order chi connectivity index (χ0) is 21.5. The van der Waals surface area contributed by atoms with Crippen LogP contribution < -0.4 is 5.32 Å². The molecule has 1 fully saturated rings. The molecule has 0 aliphatic heterocycles. The molecule has 0 spiro atoms. The molecule has 0 bridgehead atoms. The summed E-state index contributed by atoms with van der Waals surface area (Å²) in [6.07, 6.45) is 0.0958. The summed E-state index contributed by atoms with van der Waals surface area (Å²) >= 11 is 8.89. The van der Waals surface area contributed by atoms with E-state index in [0.717, 1.165) is 23.1 Å². The molecule has 0 unspecified atom stereocenters. The highest BCUT2D eigenvalue weighted by Crippen LogP contribution is 2.46. The third kappa shape index (κ3) is 4.70. The minimum Gasteiger partial charge on any atom is -0.322 e. The van der Waals surface area contributed by atoms with E-state index in [1.54, 1.807) is 23.0 Å². The second kappa shape index (κ2) is 8.07. The number of carbonyl (C=O) groups is 1. The summed E-state index contributed by atoms with van der Waals surface area (Å²) in [4.78, 5) is 12.4. The summed E-state index contributed by atoms with van der Waals surface area (Å²) in [5.74, 6) is -0.496. The number of hydrogen-bond acceptors (Lipinski definition) is 3. The summed E-state index contributed by atoms with van der Waals surface area (Å²) in [6.45, 7) is 0.169. The van der Waals surface area contributed by atoms with Crippen LogP contribution in [0.5, 0.6) is 0 Å². The van der Waals surface area contributed by atoms with Gasteiger partial charge < -0.3 is 5.32 Å². The Bertz CT molecular complexity index is 1070. The molecule has 11 heteroatoms. The molecular weight excluding hydrogens is 487 g/mol. The number of benzene rings is 1. The Labute approximate surface area is 183 Å².